The normalized spacial score (nSPS) is 11.2. The average molecular weight is 498 g/mol. The van der Waals surface area contributed by atoms with Crippen molar-refractivity contribution in [3.05, 3.63) is 76.5 Å². The maximum atomic E-state index is 12.7. The molecule has 0 atom stereocenters. The maximum Gasteiger partial charge on any atom is 0.422 e. The Balaban J connectivity index is 1.70. The SMILES string of the molecule is O=C(NCc1cccnc1OCC(F)(F)F)c1ccccc1Sc1ccc(Br)cn1. The van der Waals surface area contributed by atoms with Crippen LogP contribution >= 0.6 is 27.7 Å². The fraction of sp³-hybridized carbons (Fsp3) is 0.150. The highest BCUT2D eigenvalue weighted by atomic mass is 79.9. The van der Waals surface area contributed by atoms with Crippen molar-refractivity contribution in [2.24, 2.45) is 0 Å². The first-order chi connectivity index (χ1) is 14.3. The van der Waals surface area contributed by atoms with E-state index < -0.39 is 12.8 Å². The van der Waals surface area contributed by atoms with Crippen LogP contribution in [0.3, 0.4) is 0 Å². The van der Waals surface area contributed by atoms with Crippen LogP contribution in [-0.4, -0.2) is 28.7 Å². The summed E-state index contributed by atoms with van der Waals surface area (Å²) in [6.07, 6.45) is -1.49. The summed E-state index contributed by atoms with van der Waals surface area (Å²) >= 11 is 4.66. The summed E-state index contributed by atoms with van der Waals surface area (Å²) in [4.78, 5) is 21.5. The molecule has 0 unspecified atom stereocenters. The number of pyridine rings is 2. The second-order valence-electron chi connectivity index (χ2n) is 5.97. The third-order valence-corrected chi connectivity index (χ3v) is 5.20. The van der Waals surface area contributed by atoms with Crippen LogP contribution in [0.15, 0.2) is 75.3 Å². The molecule has 156 valence electrons. The number of halogens is 4. The first-order valence-electron chi connectivity index (χ1n) is 8.62. The lowest BCUT2D eigenvalue weighted by atomic mass is 10.2. The van der Waals surface area contributed by atoms with Gasteiger partial charge < -0.3 is 10.1 Å². The standard InChI is InChI=1S/C20H15BrF3N3O2S/c21-14-7-8-17(26-11-14)30-16-6-2-1-5-15(16)18(28)27-10-13-4-3-9-25-19(13)29-12-20(22,23)24/h1-9,11H,10,12H2,(H,27,28). The van der Waals surface area contributed by atoms with E-state index in [4.69, 9.17) is 4.74 Å². The third kappa shape index (κ3) is 6.46. The zero-order chi connectivity index (χ0) is 21.6. The zero-order valence-corrected chi connectivity index (χ0v) is 17.7. The molecule has 0 fully saturated rings. The van der Waals surface area contributed by atoms with E-state index >= 15 is 0 Å². The minimum atomic E-state index is -4.48. The van der Waals surface area contributed by atoms with Crippen molar-refractivity contribution < 1.29 is 22.7 Å². The van der Waals surface area contributed by atoms with Gasteiger partial charge in [0.1, 0.15) is 5.03 Å². The quantitative estimate of drug-likeness (QED) is 0.482. The lowest BCUT2D eigenvalue weighted by Crippen LogP contribution is -2.25. The lowest BCUT2D eigenvalue weighted by molar-refractivity contribution is -0.154. The number of amides is 1. The minimum Gasteiger partial charge on any atom is -0.468 e. The van der Waals surface area contributed by atoms with Gasteiger partial charge in [-0.25, -0.2) is 9.97 Å². The van der Waals surface area contributed by atoms with Gasteiger partial charge in [-0.3, -0.25) is 4.79 Å². The summed E-state index contributed by atoms with van der Waals surface area (Å²) in [5, 5.41) is 3.42. The molecule has 1 aromatic carbocycles. The summed E-state index contributed by atoms with van der Waals surface area (Å²) < 4.78 is 42.9. The van der Waals surface area contributed by atoms with Crippen molar-refractivity contribution in [1.29, 1.82) is 0 Å². The van der Waals surface area contributed by atoms with E-state index in [1.54, 1.807) is 36.5 Å². The van der Waals surface area contributed by atoms with Crippen LogP contribution in [0.25, 0.3) is 0 Å². The molecule has 1 N–H and O–H groups in total. The van der Waals surface area contributed by atoms with Gasteiger partial charge in [0.2, 0.25) is 5.88 Å². The Bertz CT molecular complexity index is 1020. The number of rotatable bonds is 7. The summed E-state index contributed by atoms with van der Waals surface area (Å²) in [7, 11) is 0. The van der Waals surface area contributed by atoms with E-state index in [0.29, 0.717) is 21.0 Å². The number of aromatic nitrogens is 2. The number of benzene rings is 1. The largest absolute Gasteiger partial charge is 0.468 e. The molecule has 2 aromatic heterocycles. The van der Waals surface area contributed by atoms with Crippen LogP contribution in [0.2, 0.25) is 0 Å². The first kappa shape index (κ1) is 22.1. The Morgan fingerprint density at radius 1 is 1.10 bits per heavy atom. The zero-order valence-electron chi connectivity index (χ0n) is 15.3. The molecule has 30 heavy (non-hydrogen) atoms. The van der Waals surface area contributed by atoms with E-state index in [9.17, 15) is 18.0 Å². The first-order valence-corrected chi connectivity index (χ1v) is 10.2. The van der Waals surface area contributed by atoms with Crippen LogP contribution in [0.4, 0.5) is 13.2 Å². The van der Waals surface area contributed by atoms with Crippen molar-refractivity contribution in [1.82, 2.24) is 15.3 Å². The van der Waals surface area contributed by atoms with E-state index in [1.165, 1.54) is 18.0 Å². The molecule has 0 radical (unpaired) electrons. The Morgan fingerprint density at radius 2 is 1.90 bits per heavy atom. The highest BCUT2D eigenvalue weighted by Gasteiger charge is 2.29. The van der Waals surface area contributed by atoms with Gasteiger partial charge in [0, 0.05) is 33.9 Å². The monoisotopic (exact) mass is 497 g/mol. The average Bonchev–Trinajstić information content (AvgIpc) is 2.72. The Kier molecular flexibility index (Phi) is 7.33. The van der Waals surface area contributed by atoms with Gasteiger partial charge >= 0.3 is 6.18 Å². The molecule has 0 aliphatic rings. The fourth-order valence-corrected chi connectivity index (χ4v) is 3.51. The number of alkyl halides is 3. The highest BCUT2D eigenvalue weighted by Crippen LogP contribution is 2.29. The maximum absolute atomic E-state index is 12.7. The molecule has 10 heteroatoms. The molecule has 0 aliphatic heterocycles. The molecular formula is C20H15BrF3N3O2S. The number of carbonyl (C=O) groups excluding carboxylic acids is 1. The predicted molar refractivity (Wildman–Crippen MR) is 109 cm³/mol. The second kappa shape index (κ2) is 9.94. The number of nitrogens with zero attached hydrogens (tertiary/aromatic N) is 2. The second-order valence-corrected chi connectivity index (χ2v) is 7.94. The number of nitrogens with one attached hydrogen (secondary N) is 1. The Labute approximate surface area is 183 Å². The van der Waals surface area contributed by atoms with Crippen molar-refractivity contribution in [3.8, 4) is 5.88 Å². The van der Waals surface area contributed by atoms with Crippen LogP contribution < -0.4 is 10.1 Å². The van der Waals surface area contributed by atoms with Crippen molar-refractivity contribution in [2.75, 3.05) is 6.61 Å². The number of ether oxygens (including phenoxy) is 1. The molecule has 5 nitrogen and oxygen atoms in total. The van der Waals surface area contributed by atoms with Crippen molar-refractivity contribution >= 4 is 33.6 Å². The van der Waals surface area contributed by atoms with Crippen molar-refractivity contribution in [2.45, 2.75) is 22.6 Å². The van der Waals surface area contributed by atoms with E-state index in [2.05, 4.69) is 31.2 Å². The molecule has 2 heterocycles. The van der Waals surface area contributed by atoms with Gasteiger partial charge in [0.05, 0.1) is 5.56 Å². The molecule has 0 aliphatic carbocycles. The minimum absolute atomic E-state index is 0.0323. The van der Waals surface area contributed by atoms with Gasteiger partial charge in [-0.2, -0.15) is 13.2 Å². The summed E-state index contributed by atoms with van der Waals surface area (Å²) in [6, 6.07) is 13.8. The van der Waals surface area contributed by atoms with E-state index in [-0.39, 0.29) is 18.3 Å². The smallest absolute Gasteiger partial charge is 0.422 e. The van der Waals surface area contributed by atoms with Crippen molar-refractivity contribution in [3.63, 3.8) is 0 Å². The molecule has 3 rings (SSSR count). The van der Waals surface area contributed by atoms with Gasteiger partial charge in [-0.15, -0.1) is 0 Å². The molecule has 3 aromatic rings. The van der Waals surface area contributed by atoms with Gasteiger partial charge in [0.25, 0.3) is 5.91 Å². The van der Waals surface area contributed by atoms with Crippen LogP contribution in [0.5, 0.6) is 5.88 Å². The Hall–Kier alpha value is -2.59. The molecule has 0 saturated heterocycles. The molecule has 0 saturated carbocycles. The molecule has 1 amide bonds. The lowest BCUT2D eigenvalue weighted by Gasteiger charge is -2.13. The molecular weight excluding hydrogens is 483 g/mol. The van der Waals surface area contributed by atoms with Crippen LogP contribution in [0, 0.1) is 0 Å². The van der Waals surface area contributed by atoms with Gasteiger partial charge in [0.15, 0.2) is 6.61 Å². The van der Waals surface area contributed by atoms with E-state index in [0.717, 1.165) is 4.47 Å². The fourth-order valence-electron chi connectivity index (χ4n) is 2.39. The Morgan fingerprint density at radius 3 is 2.63 bits per heavy atom. The predicted octanol–water partition coefficient (Wildman–Crippen LogP) is 5.26. The van der Waals surface area contributed by atoms with Gasteiger partial charge in [-0.1, -0.05) is 30.0 Å². The topological polar surface area (TPSA) is 64.1 Å². The highest BCUT2D eigenvalue weighted by molar-refractivity contribution is 9.10. The number of carbonyl (C=O) groups is 1. The van der Waals surface area contributed by atoms with Gasteiger partial charge in [-0.05, 0) is 46.3 Å². The van der Waals surface area contributed by atoms with E-state index in [1.807, 2.05) is 18.2 Å². The molecule has 0 spiro atoms. The van der Waals surface area contributed by atoms with Crippen LogP contribution in [-0.2, 0) is 6.54 Å². The number of hydrogen-bond acceptors (Lipinski definition) is 5. The number of hydrogen-bond donors (Lipinski definition) is 1. The summed E-state index contributed by atoms with van der Waals surface area (Å²) in [6.45, 7) is -1.49. The summed E-state index contributed by atoms with van der Waals surface area (Å²) in [5.41, 5.74) is 0.767. The third-order valence-electron chi connectivity index (χ3n) is 3.71. The summed E-state index contributed by atoms with van der Waals surface area (Å²) in [5.74, 6) is -0.544. The van der Waals surface area contributed by atoms with Crippen LogP contribution in [0.1, 0.15) is 15.9 Å². The molecule has 0 bridgehead atoms.